The number of carbonyl (C=O) groups is 1. The number of nitrogens with one attached hydrogen (secondary N) is 1. The molecule has 0 bridgehead atoms. The first-order valence-corrected chi connectivity index (χ1v) is 7.61. The Morgan fingerprint density at radius 3 is 2.80 bits per heavy atom. The standard InChI is InChI=1S/C14H27N3O3/c1-11-10-20-9-6-17(11)5-4-16-14(18)13(15)12-2-7-19-8-3-12/h11-13H,2-10,15H2,1H3,(H,16,18). The quantitative estimate of drug-likeness (QED) is 0.717. The molecule has 3 N–H and O–H groups in total. The second-order valence-electron chi connectivity index (χ2n) is 5.73. The van der Waals surface area contributed by atoms with E-state index in [1.807, 2.05) is 0 Å². The molecule has 0 radical (unpaired) electrons. The highest BCUT2D eigenvalue weighted by molar-refractivity contribution is 5.81. The largest absolute Gasteiger partial charge is 0.381 e. The zero-order valence-electron chi connectivity index (χ0n) is 12.3. The Balaban J connectivity index is 1.66. The molecule has 2 heterocycles. The fourth-order valence-corrected chi connectivity index (χ4v) is 2.82. The summed E-state index contributed by atoms with van der Waals surface area (Å²) in [4.78, 5) is 14.4. The molecule has 6 nitrogen and oxygen atoms in total. The molecular formula is C14H27N3O3. The highest BCUT2D eigenvalue weighted by atomic mass is 16.5. The number of hydrogen-bond acceptors (Lipinski definition) is 5. The van der Waals surface area contributed by atoms with Gasteiger partial charge in [-0.25, -0.2) is 0 Å². The molecule has 1 amide bonds. The van der Waals surface area contributed by atoms with E-state index in [0.29, 0.717) is 12.6 Å². The van der Waals surface area contributed by atoms with Gasteiger partial charge in [-0.1, -0.05) is 0 Å². The maximum atomic E-state index is 12.0. The van der Waals surface area contributed by atoms with Crippen LogP contribution in [0.1, 0.15) is 19.8 Å². The van der Waals surface area contributed by atoms with Crippen LogP contribution in [0, 0.1) is 5.92 Å². The van der Waals surface area contributed by atoms with Crippen LogP contribution in [0.15, 0.2) is 0 Å². The molecule has 2 saturated heterocycles. The van der Waals surface area contributed by atoms with Crippen molar-refractivity contribution in [2.75, 3.05) is 46.1 Å². The molecule has 0 aromatic carbocycles. The summed E-state index contributed by atoms with van der Waals surface area (Å²) in [5, 5.41) is 2.96. The van der Waals surface area contributed by atoms with Crippen molar-refractivity contribution in [3.63, 3.8) is 0 Å². The Morgan fingerprint density at radius 2 is 2.10 bits per heavy atom. The normalized spacial score (nSPS) is 27.2. The molecule has 0 spiro atoms. The summed E-state index contributed by atoms with van der Waals surface area (Å²) >= 11 is 0. The third-order valence-electron chi connectivity index (χ3n) is 4.28. The van der Waals surface area contributed by atoms with Crippen molar-refractivity contribution in [2.24, 2.45) is 11.7 Å². The van der Waals surface area contributed by atoms with Crippen molar-refractivity contribution in [1.82, 2.24) is 10.2 Å². The van der Waals surface area contributed by atoms with Crippen molar-refractivity contribution < 1.29 is 14.3 Å². The van der Waals surface area contributed by atoms with E-state index in [2.05, 4.69) is 17.1 Å². The van der Waals surface area contributed by atoms with E-state index >= 15 is 0 Å². The lowest BCUT2D eigenvalue weighted by atomic mass is 9.92. The van der Waals surface area contributed by atoms with Crippen LogP contribution in [0.3, 0.4) is 0 Å². The molecule has 2 rings (SSSR count). The molecule has 0 aromatic heterocycles. The van der Waals surface area contributed by atoms with Crippen LogP contribution in [0.2, 0.25) is 0 Å². The van der Waals surface area contributed by atoms with Crippen molar-refractivity contribution in [2.45, 2.75) is 31.8 Å². The average Bonchev–Trinajstić information content (AvgIpc) is 2.49. The van der Waals surface area contributed by atoms with Crippen molar-refractivity contribution >= 4 is 5.91 Å². The second kappa shape index (κ2) is 7.93. The van der Waals surface area contributed by atoms with Crippen LogP contribution in [0.25, 0.3) is 0 Å². The Bertz CT molecular complexity index is 308. The molecule has 2 fully saturated rings. The molecule has 2 unspecified atom stereocenters. The van der Waals surface area contributed by atoms with Gasteiger partial charge in [0, 0.05) is 38.9 Å². The van der Waals surface area contributed by atoms with E-state index in [1.165, 1.54) is 0 Å². The number of carbonyl (C=O) groups excluding carboxylic acids is 1. The van der Waals surface area contributed by atoms with Crippen LogP contribution in [0.4, 0.5) is 0 Å². The minimum absolute atomic E-state index is 0.0298. The Hall–Kier alpha value is -0.690. The van der Waals surface area contributed by atoms with E-state index < -0.39 is 6.04 Å². The minimum Gasteiger partial charge on any atom is -0.381 e. The molecule has 2 atom stereocenters. The third kappa shape index (κ3) is 4.41. The van der Waals surface area contributed by atoms with Gasteiger partial charge in [0.2, 0.25) is 5.91 Å². The number of nitrogens with two attached hydrogens (primary N) is 1. The minimum atomic E-state index is -0.402. The van der Waals surface area contributed by atoms with E-state index in [1.54, 1.807) is 0 Å². The van der Waals surface area contributed by atoms with Crippen molar-refractivity contribution in [1.29, 1.82) is 0 Å². The molecule has 0 aromatic rings. The predicted molar refractivity (Wildman–Crippen MR) is 76.4 cm³/mol. The van der Waals surface area contributed by atoms with Crippen LogP contribution >= 0.6 is 0 Å². The van der Waals surface area contributed by atoms with Gasteiger partial charge in [-0.05, 0) is 25.7 Å². The summed E-state index contributed by atoms with van der Waals surface area (Å²) in [6.45, 7) is 7.58. The zero-order chi connectivity index (χ0) is 14.4. The molecule has 6 heteroatoms. The number of rotatable bonds is 5. The molecule has 0 aliphatic carbocycles. The highest BCUT2D eigenvalue weighted by Crippen LogP contribution is 2.17. The van der Waals surface area contributed by atoms with E-state index in [4.69, 9.17) is 15.2 Å². The SMILES string of the molecule is CC1COCCN1CCNC(=O)C(N)C1CCOCC1. The zero-order valence-corrected chi connectivity index (χ0v) is 12.3. The number of hydrogen-bond donors (Lipinski definition) is 2. The summed E-state index contributed by atoms with van der Waals surface area (Å²) in [6.07, 6.45) is 1.77. The van der Waals surface area contributed by atoms with E-state index in [9.17, 15) is 4.79 Å². The van der Waals surface area contributed by atoms with Crippen LogP contribution in [-0.4, -0.2) is 69.0 Å². The smallest absolute Gasteiger partial charge is 0.237 e. The number of ether oxygens (including phenoxy) is 2. The molecule has 116 valence electrons. The predicted octanol–water partition coefficient (Wildman–Crippen LogP) is -0.423. The lowest BCUT2D eigenvalue weighted by molar-refractivity contribution is -0.124. The maximum absolute atomic E-state index is 12.0. The summed E-state index contributed by atoms with van der Waals surface area (Å²) in [6, 6.07) is 0.0193. The van der Waals surface area contributed by atoms with Gasteiger partial charge in [-0.2, -0.15) is 0 Å². The Labute approximate surface area is 121 Å². The summed E-state index contributed by atoms with van der Waals surface area (Å²) < 4.78 is 10.7. The van der Waals surface area contributed by atoms with Gasteiger partial charge in [0.05, 0.1) is 19.3 Å². The van der Waals surface area contributed by atoms with Crippen molar-refractivity contribution in [3.8, 4) is 0 Å². The average molecular weight is 285 g/mol. The van der Waals surface area contributed by atoms with Crippen LogP contribution < -0.4 is 11.1 Å². The number of amides is 1. The Kier molecular flexibility index (Phi) is 6.22. The van der Waals surface area contributed by atoms with Gasteiger partial charge in [0.25, 0.3) is 0 Å². The molecule has 2 aliphatic rings. The lowest BCUT2D eigenvalue weighted by Gasteiger charge is -2.33. The first-order chi connectivity index (χ1) is 9.68. The fourth-order valence-electron chi connectivity index (χ4n) is 2.82. The Morgan fingerprint density at radius 1 is 1.35 bits per heavy atom. The van der Waals surface area contributed by atoms with E-state index in [-0.39, 0.29) is 11.8 Å². The monoisotopic (exact) mass is 285 g/mol. The van der Waals surface area contributed by atoms with Gasteiger partial charge in [-0.15, -0.1) is 0 Å². The molecule has 2 aliphatic heterocycles. The van der Waals surface area contributed by atoms with Crippen molar-refractivity contribution in [3.05, 3.63) is 0 Å². The molecule has 0 saturated carbocycles. The molecular weight excluding hydrogens is 258 g/mol. The first kappa shape index (κ1) is 15.7. The van der Waals surface area contributed by atoms with Gasteiger partial charge >= 0.3 is 0 Å². The third-order valence-corrected chi connectivity index (χ3v) is 4.28. The van der Waals surface area contributed by atoms with Crippen LogP contribution in [-0.2, 0) is 14.3 Å². The summed E-state index contributed by atoms with van der Waals surface area (Å²) in [5.74, 6) is 0.226. The van der Waals surface area contributed by atoms with E-state index in [0.717, 1.165) is 52.4 Å². The number of morpholine rings is 1. The number of nitrogens with zero attached hydrogens (tertiary/aromatic N) is 1. The first-order valence-electron chi connectivity index (χ1n) is 7.61. The van der Waals surface area contributed by atoms with Gasteiger partial charge in [-0.3, -0.25) is 9.69 Å². The molecule has 20 heavy (non-hydrogen) atoms. The van der Waals surface area contributed by atoms with Gasteiger partial charge in [0.15, 0.2) is 0 Å². The van der Waals surface area contributed by atoms with Gasteiger partial charge < -0.3 is 20.5 Å². The van der Waals surface area contributed by atoms with Crippen LogP contribution in [0.5, 0.6) is 0 Å². The topological polar surface area (TPSA) is 76.8 Å². The maximum Gasteiger partial charge on any atom is 0.237 e. The lowest BCUT2D eigenvalue weighted by Crippen LogP contribution is -2.50. The fraction of sp³-hybridized carbons (Fsp3) is 0.929. The highest BCUT2D eigenvalue weighted by Gasteiger charge is 2.26. The summed E-state index contributed by atoms with van der Waals surface area (Å²) in [5.41, 5.74) is 6.04. The summed E-state index contributed by atoms with van der Waals surface area (Å²) in [7, 11) is 0. The second-order valence-corrected chi connectivity index (χ2v) is 5.73. The van der Waals surface area contributed by atoms with Gasteiger partial charge in [0.1, 0.15) is 0 Å².